The highest BCUT2D eigenvalue weighted by molar-refractivity contribution is 6.05. The SMILES string of the molecule is CC(C(=O)NC(CC(N)=O)C(=O)O)N(C(=O)C(CCCN)NC(=O)C(N)Cc1ccc(O)cc1)c1ccccc1. The number of aliphatic carboxylic acids is 1. The number of rotatable bonds is 15. The lowest BCUT2D eigenvalue weighted by Gasteiger charge is -2.33. The minimum absolute atomic E-state index is 0.0673. The van der Waals surface area contributed by atoms with Crippen molar-refractivity contribution in [1.29, 1.82) is 0 Å². The van der Waals surface area contributed by atoms with Crippen molar-refractivity contribution in [3.05, 3.63) is 60.2 Å². The number of primary amides is 1. The Morgan fingerprint density at radius 1 is 0.925 bits per heavy atom. The van der Waals surface area contributed by atoms with Crippen LogP contribution in [0.3, 0.4) is 0 Å². The highest BCUT2D eigenvalue weighted by atomic mass is 16.4. The first-order valence-corrected chi connectivity index (χ1v) is 12.7. The number of carbonyl (C=O) groups is 5. The fraction of sp³-hybridized carbons (Fsp3) is 0.370. The first-order valence-electron chi connectivity index (χ1n) is 12.7. The number of benzene rings is 2. The van der Waals surface area contributed by atoms with Crippen LogP contribution in [0.2, 0.25) is 0 Å². The number of carboxylic acid groups (broad SMARTS) is 1. The van der Waals surface area contributed by atoms with Gasteiger partial charge in [-0.2, -0.15) is 0 Å². The van der Waals surface area contributed by atoms with Gasteiger partial charge in [-0.25, -0.2) is 4.79 Å². The fourth-order valence-electron chi connectivity index (χ4n) is 3.95. The quantitative estimate of drug-likeness (QED) is 0.147. The number of carbonyl (C=O) groups excluding carboxylic acids is 4. The molecule has 0 heterocycles. The Bertz CT molecular complexity index is 1180. The average molecular weight is 557 g/mol. The molecule has 4 atom stereocenters. The molecule has 0 aromatic heterocycles. The molecule has 10 N–H and O–H groups in total. The highest BCUT2D eigenvalue weighted by Crippen LogP contribution is 2.20. The summed E-state index contributed by atoms with van der Waals surface area (Å²) in [5.74, 6) is -4.43. The number of nitrogens with two attached hydrogens (primary N) is 3. The van der Waals surface area contributed by atoms with E-state index in [2.05, 4.69) is 10.6 Å². The summed E-state index contributed by atoms with van der Waals surface area (Å²) in [6.07, 6.45) is 0.0135. The maximum Gasteiger partial charge on any atom is 0.326 e. The standard InChI is InChI=1S/C27H36N6O7/c1-16(24(36)32-22(27(39)40)15-23(30)35)33(18-6-3-2-4-7-18)26(38)21(8-5-13-28)31-25(37)20(29)14-17-9-11-19(34)12-10-17/h2-4,6-7,9-12,16,20-22,34H,5,8,13-15,28-29H2,1H3,(H2,30,35)(H,31,37)(H,32,36)(H,39,40). The molecule has 0 aliphatic rings. The van der Waals surface area contributed by atoms with Gasteiger partial charge in [0.1, 0.15) is 23.9 Å². The Balaban J connectivity index is 2.31. The number of carboxylic acids is 1. The Kier molecular flexibility index (Phi) is 12.0. The van der Waals surface area contributed by atoms with Gasteiger partial charge in [-0.05, 0) is 62.6 Å². The van der Waals surface area contributed by atoms with E-state index in [4.69, 9.17) is 17.2 Å². The van der Waals surface area contributed by atoms with Gasteiger partial charge < -0.3 is 38.0 Å². The maximum atomic E-state index is 13.9. The minimum atomic E-state index is -1.59. The van der Waals surface area contributed by atoms with Crippen LogP contribution in [-0.4, -0.2) is 70.5 Å². The number of nitrogens with zero attached hydrogens (tertiary/aromatic N) is 1. The van der Waals surface area contributed by atoms with Crippen molar-refractivity contribution in [3.63, 3.8) is 0 Å². The predicted octanol–water partition coefficient (Wildman–Crippen LogP) is -0.648. The Hall–Kier alpha value is -4.49. The van der Waals surface area contributed by atoms with Crippen LogP contribution in [0.5, 0.6) is 5.75 Å². The number of hydrogen-bond acceptors (Lipinski definition) is 8. The molecule has 0 aliphatic carbocycles. The Morgan fingerprint density at radius 2 is 1.52 bits per heavy atom. The van der Waals surface area contributed by atoms with Crippen molar-refractivity contribution in [2.45, 2.75) is 56.8 Å². The molecule has 216 valence electrons. The zero-order valence-electron chi connectivity index (χ0n) is 22.2. The second-order valence-electron chi connectivity index (χ2n) is 9.26. The second-order valence-corrected chi connectivity index (χ2v) is 9.26. The summed E-state index contributed by atoms with van der Waals surface area (Å²) < 4.78 is 0. The molecule has 2 aromatic carbocycles. The number of amides is 4. The number of anilines is 1. The molecule has 4 unspecified atom stereocenters. The van der Waals surface area contributed by atoms with E-state index in [0.717, 1.165) is 4.90 Å². The third-order valence-corrected chi connectivity index (χ3v) is 6.10. The van der Waals surface area contributed by atoms with Crippen LogP contribution in [0.1, 0.15) is 31.7 Å². The van der Waals surface area contributed by atoms with Crippen LogP contribution in [-0.2, 0) is 30.4 Å². The average Bonchev–Trinajstić information content (AvgIpc) is 2.91. The summed E-state index contributed by atoms with van der Waals surface area (Å²) in [5, 5.41) is 23.8. The highest BCUT2D eigenvalue weighted by Gasteiger charge is 2.35. The molecule has 0 radical (unpaired) electrons. The predicted molar refractivity (Wildman–Crippen MR) is 147 cm³/mol. The lowest BCUT2D eigenvalue weighted by molar-refractivity contribution is -0.143. The van der Waals surface area contributed by atoms with Gasteiger partial charge in [-0.15, -0.1) is 0 Å². The minimum Gasteiger partial charge on any atom is -0.508 e. The van der Waals surface area contributed by atoms with Crippen LogP contribution in [0.15, 0.2) is 54.6 Å². The summed E-state index contributed by atoms with van der Waals surface area (Å²) in [5.41, 5.74) is 17.9. The van der Waals surface area contributed by atoms with E-state index >= 15 is 0 Å². The van der Waals surface area contributed by atoms with Gasteiger partial charge in [0.2, 0.25) is 23.6 Å². The molecule has 0 aliphatic heterocycles. The number of aromatic hydroxyl groups is 1. The number of hydrogen-bond donors (Lipinski definition) is 7. The lowest BCUT2D eigenvalue weighted by Crippen LogP contribution is -2.58. The van der Waals surface area contributed by atoms with Gasteiger partial charge >= 0.3 is 5.97 Å². The van der Waals surface area contributed by atoms with Crippen LogP contribution in [0, 0.1) is 0 Å². The second kappa shape index (κ2) is 15.2. The van der Waals surface area contributed by atoms with Gasteiger partial charge in [0.15, 0.2) is 0 Å². The number of phenolic OH excluding ortho intramolecular Hbond substituents is 1. The third-order valence-electron chi connectivity index (χ3n) is 6.10. The van der Waals surface area contributed by atoms with Crippen molar-refractivity contribution in [2.24, 2.45) is 17.2 Å². The molecule has 0 bridgehead atoms. The molecule has 2 aromatic rings. The molecule has 0 saturated carbocycles. The first-order chi connectivity index (χ1) is 18.9. The number of phenols is 1. The topological polar surface area (TPSA) is 231 Å². The van der Waals surface area contributed by atoms with Crippen LogP contribution < -0.4 is 32.7 Å². The third kappa shape index (κ3) is 9.36. The molecule has 2 rings (SSSR count). The molecule has 0 fully saturated rings. The summed E-state index contributed by atoms with van der Waals surface area (Å²) in [7, 11) is 0. The van der Waals surface area contributed by atoms with Crippen molar-refractivity contribution >= 4 is 35.3 Å². The van der Waals surface area contributed by atoms with Crippen molar-refractivity contribution in [1.82, 2.24) is 10.6 Å². The molecule has 0 spiro atoms. The molecule has 13 heteroatoms. The van der Waals surface area contributed by atoms with Gasteiger partial charge in [0, 0.05) is 5.69 Å². The van der Waals surface area contributed by atoms with E-state index in [9.17, 15) is 34.2 Å². The Morgan fingerprint density at radius 3 is 2.08 bits per heavy atom. The van der Waals surface area contributed by atoms with Crippen molar-refractivity contribution in [2.75, 3.05) is 11.4 Å². The summed E-state index contributed by atoms with van der Waals surface area (Å²) in [4.78, 5) is 63.9. The van der Waals surface area contributed by atoms with E-state index in [1.165, 1.54) is 19.1 Å². The summed E-state index contributed by atoms with van der Waals surface area (Å²) in [6.45, 7) is 1.62. The largest absolute Gasteiger partial charge is 0.508 e. The van der Waals surface area contributed by atoms with E-state index < -0.39 is 60.2 Å². The van der Waals surface area contributed by atoms with Crippen LogP contribution in [0.4, 0.5) is 5.69 Å². The summed E-state index contributed by atoms with van der Waals surface area (Å²) in [6, 6.07) is 9.38. The number of nitrogens with one attached hydrogen (secondary N) is 2. The van der Waals surface area contributed by atoms with Gasteiger partial charge in [-0.1, -0.05) is 30.3 Å². The molecular formula is C27H36N6O7. The van der Waals surface area contributed by atoms with Crippen LogP contribution in [0.25, 0.3) is 0 Å². The Labute approximate surface area is 231 Å². The monoisotopic (exact) mass is 556 g/mol. The van der Waals surface area contributed by atoms with Gasteiger partial charge in [0.25, 0.3) is 0 Å². The fourth-order valence-corrected chi connectivity index (χ4v) is 3.95. The van der Waals surface area contributed by atoms with Gasteiger partial charge in [-0.3, -0.25) is 24.1 Å². The van der Waals surface area contributed by atoms with Crippen molar-refractivity contribution in [3.8, 4) is 5.75 Å². The molecule has 40 heavy (non-hydrogen) atoms. The molecular weight excluding hydrogens is 520 g/mol. The lowest BCUT2D eigenvalue weighted by atomic mass is 10.0. The normalized spacial score (nSPS) is 13.8. The van der Waals surface area contributed by atoms with E-state index in [1.807, 2.05) is 0 Å². The maximum absolute atomic E-state index is 13.9. The zero-order chi connectivity index (χ0) is 29.8. The summed E-state index contributed by atoms with van der Waals surface area (Å²) >= 11 is 0. The molecule has 0 saturated heterocycles. The number of para-hydroxylation sites is 1. The van der Waals surface area contributed by atoms with Crippen LogP contribution >= 0.6 is 0 Å². The van der Waals surface area contributed by atoms with E-state index in [0.29, 0.717) is 17.7 Å². The van der Waals surface area contributed by atoms with Gasteiger partial charge in [0.05, 0.1) is 12.5 Å². The van der Waals surface area contributed by atoms with E-state index in [-0.39, 0.29) is 25.1 Å². The molecule has 4 amide bonds. The zero-order valence-corrected chi connectivity index (χ0v) is 22.2. The first kappa shape index (κ1) is 31.7. The van der Waals surface area contributed by atoms with E-state index in [1.54, 1.807) is 42.5 Å². The molecule has 13 nitrogen and oxygen atoms in total. The van der Waals surface area contributed by atoms with Crippen molar-refractivity contribution < 1.29 is 34.2 Å². The smallest absolute Gasteiger partial charge is 0.326 e.